The van der Waals surface area contributed by atoms with E-state index >= 15 is 0 Å². The summed E-state index contributed by atoms with van der Waals surface area (Å²) in [5.74, 6) is 0.926. The van der Waals surface area contributed by atoms with Crippen LogP contribution in [0.1, 0.15) is 5.69 Å². The number of nitrogens with zero attached hydrogens (tertiary/aromatic N) is 2. The molecule has 2 aromatic heterocycles. The number of hydrogen-bond donors (Lipinski definition) is 2. The Kier molecular flexibility index (Phi) is 3.74. The van der Waals surface area contributed by atoms with Gasteiger partial charge in [-0.1, -0.05) is 0 Å². The van der Waals surface area contributed by atoms with Crippen molar-refractivity contribution in [2.24, 2.45) is 0 Å². The van der Waals surface area contributed by atoms with Crippen molar-refractivity contribution in [2.75, 3.05) is 20.0 Å². The lowest BCUT2D eigenvalue weighted by Crippen LogP contribution is -2.31. The zero-order valence-electron chi connectivity index (χ0n) is 11.0. The summed E-state index contributed by atoms with van der Waals surface area (Å²) in [6.07, 6.45) is 2.80. The topological polar surface area (TPSA) is 112 Å². The van der Waals surface area contributed by atoms with Crippen molar-refractivity contribution >= 4 is 5.69 Å². The zero-order valence-corrected chi connectivity index (χ0v) is 11.0. The number of nitrogens with two attached hydrogens (primary N) is 1. The number of H-pyrrole nitrogens is 1. The fourth-order valence-electron chi connectivity index (χ4n) is 1.77. The van der Waals surface area contributed by atoms with E-state index in [1.807, 2.05) is 0 Å². The molecule has 0 bridgehead atoms. The van der Waals surface area contributed by atoms with E-state index in [2.05, 4.69) is 9.97 Å². The van der Waals surface area contributed by atoms with E-state index in [9.17, 15) is 9.59 Å². The van der Waals surface area contributed by atoms with Gasteiger partial charge in [-0.15, -0.1) is 0 Å². The fourth-order valence-corrected chi connectivity index (χ4v) is 1.77. The lowest BCUT2D eigenvalue weighted by Gasteiger charge is -2.12. The average molecular weight is 278 g/mol. The number of aromatic nitrogens is 3. The molecular weight excluding hydrogens is 264 g/mol. The SMILES string of the molecule is COc1ccnc(Cn2cc(N)c(=O)[nH]c2=O)c1OC. The number of aromatic amines is 1. The largest absolute Gasteiger partial charge is 0.493 e. The van der Waals surface area contributed by atoms with Gasteiger partial charge in [0.25, 0.3) is 5.56 Å². The van der Waals surface area contributed by atoms with Gasteiger partial charge in [0.05, 0.1) is 20.8 Å². The van der Waals surface area contributed by atoms with E-state index in [1.165, 1.54) is 31.2 Å². The summed E-state index contributed by atoms with van der Waals surface area (Å²) < 4.78 is 11.6. The number of pyridine rings is 1. The van der Waals surface area contributed by atoms with Crippen LogP contribution in [0.2, 0.25) is 0 Å². The van der Waals surface area contributed by atoms with Crippen LogP contribution in [0, 0.1) is 0 Å². The lowest BCUT2D eigenvalue weighted by atomic mass is 10.3. The molecule has 8 nitrogen and oxygen atoms in total. The maximum Gasteiger partial charge on any atom is 0.328 e. The van der Waals surface area contributed by atoms with E-state index in [-0.39, 0.29) is 12.2 Å². The monoisotopic (exact) mass is 278 g/mol. The van der Waals surface area contributed by atoms with E-state index in [1.54, 1.807) is 6.07 Å². The van der Waals surface area contributed by atoms with Crippen LogP contribution in [0.15, 0.2) is 28.0 Å². The molecule has 3 N–H and O–H groups in total. The molecule has 0 aliphatic rings. The maximum atomic E-state index is 11.7. The average Bonchev–Trinajstić information content (AvgIpc) is 2.44. The molecule has 8 heteroatoms. The van der Waals surface area contributed by atoms with Crippen LogP contribution in [-0.2, 0) is 6.54 Å². The molecule has 0 fully saturated rings. The first-order valence-electron chi connectivity index (χ1n) is 5.72. The number of nitrogens with one attached hydrogen (secondary N) is 1. The van der Waals surface area contributed by atoms with Gasteiger partial charge >= 0.3 is 5.69 Å². The minimum absolute atomic E-state index is 0.0496. The van der Waals surface area contributed by atoms with E-state index in [0.717, 1.165) is 0 Å². The van der Waals surface area contributed by atoms with Gasteiger partial charge in [-0.25, -0.2) is 4.79 Å². The molecule has 0 spiro atoms. The van der Waals surface area contributed by atoms with Crippen molar-refractivity contribution in [3.8, 4) is 11.5 Å². The molecule has 0 amide bonds. The molecule has 0 aliphatic carbocycles. The summed E-state index contributed by atoms with van der Waals surface area (Å²) >= 11 is 0. The summed E-state index contributed by atoms with van der Waals surface area (Å²) in [5.41, 5.74) is 4.74. The van der Waals surface area contributed by atoms with Gasteiger partial charge in [0.1, 0.15) is 11.4 Å². The Hall–Kier alpha value is -2.77. The van der Waals surface area contributed by atoms with Crippen molar-refractivity contribution in [2.45, 2.75) is 6.54 Å². The molecule has 20 heavy (non-hydrogen) atoms. The van der Waals surface area contributed by atoms with Crippen molar-refractivity contribution in [3.05, 3.63) is 45.0 Å². The normalized spacial score (nSPS) is 10.3. The van der Waals surface area contributed by atoms with Crippen LogP contribution in [0.25, 0.3) is 0 Å². The van der Waals surface area contributed by atoms with E-state index in [4.69, 9.17) is 15.2 Å². The number of hydrogen-bond acceptors (Lipinski definition) is 6. The van der Waals surface area contributed by atoms with Crippen LogP contribution in [-0.4, -0.2) is 28.8 Å². The molecule has 0 radical (unpaired) electrons. The first-order valence-corrected chi connectivity index (χ1v) is 5.72. The fraction of sp³-hybridized carbons (Fsp3) is 0.250. The Bertz CT molecular complexity index is 735. The van der Waals surface area contributed by atoms with E-state index < -0.39 is 11.2 Å². The highest BCUT2D eigenvalue weighted by molar-refractivity contribution is 5.42. The minimum Gasteiger partial charge on any atom is -0.493 e. The molecular formula is C12H14N4O4. The number of anilines is 1. The van der Waals surface area contributed by atoms with Crippen LogP contribution in [0.3, 0.4) is 0 Å². The quantitative estimate of drug-likeness (QED) is 0.785. The highest BCUT2D eigenvalue weighted by Crippen LogP contribution is 2.29. The predicted molar refractivity (Wildman–Crippen MR) is 72.2 cm³/mol. The smallest absolute Gasteiger partial charge is 0.328 e. The van der Waals surface area contributed by atoms with Crippen LogP contribution >= 0.6 is 0 Å². The molecule has 0 unspecified atom stereocenters. The Labute approximate surface area is 113 Å². The van der Waals surface area contributed by atoms with Gasteiger partial charge < -0.3 is 15.2 Å². The second-order valence-electron chi connectivity index (χ2n) is 3.96. The van der Waals surface area contributed by atoms with Crippen LogP contribution in [0.4, 0.5) is 5.69 Å². The third-order valence-corrected chi connectivity index (χ3v) is 2.72. The Balaban J connectivity index is 2.48. The van der Waals surface area contributed by atoms with Crippen molar-refractivity contribution in [1.29, 1.82) is 0 Å². The molecule has 106 valence electrons. The summed E-state index contributed by atoms with van der Waals surface area (Å²) in [4.78, 5) is 29.2. The second kappa shape index (κ2) is 5.47. The third-order valence-electron chi connectivity index (χ3n) is 2.72. The van der Waals surface area contributed by atoms with Crippen LogP contribution in [0.5, 0.6) is 11.5 Å². The standard InChI is InChI=1S/C12H14N4O4/c1-19-9-3-4-14-8(10(9)20-2)6-16-5-7(13)11(17)15-12(16)18/h3-5H,6,13H2,1-2H3,(H,15,17,18). The van der Waals surface area contributed by atoms with Crippen molar-refractivity contribution in [3.63, 3.8) is 0 Å². The van der Waals surface area contributed by atoms with Gasteiger partial charge in [-0.3, -0.25) is 19.3 Å². The molecule has 0 aromatic carbocycles. The van der Waals surface area contributed by atoms with Gasteiger partial charge in [-0.2, -0.15) is 0 Å². The Morgan fingerprint density at radius 3 is 2.75 bits per heavy atom. The van der Waals surface area contributed by atoms with Crippen LogP contribution < -0.4 is 26.5 Å². The highest BCUT2D eigenvalue weighted by Gasteiger charge is 2.12. The lowest BCUT2D eigenvalue weighted by molar-refractivity contribution is 0.348. The van der Waals surface area contributed by atoms with E-state index in [0.29, 0.717) is 17.2 Å². The van der Waals surface area contributed by atoms with Crippen molar-refractivity contribution in [1.82, 2.24) is 14.5 Å². The molecule has 2 heterocycles. The molecule has 0 saturated heterocycles. The highest BCUT2D eigenvalue weighted by atomic mass is 16.5. The first kappa shape index (κ1) is 13.7. The summed E-state index contributed by atoms with van der Waals surface area (Å²) in [5, 5.41) is 0. The number of ether oxygens (including phenoxy) is 2. The third kappa shape index (κ3) is 2.48. The second-order valence-corrected chi connectivity index (χ2v) is 3.96. The van der Waals surface area contributed by atoms with Gasteiger partial charge in [0.15, 0.2) is 11.5 Å². The number of methoxy groups -OCH3 is 2. The van der Waals surface area contributed by atoms with Gasteiger partial charge in [0.2, 0.25) is 0 Å². The Morgan fingerprint density at radius 2 is 2.10 bits per heavy atom. The zero-order chi connectivity index (χ0) is 14.7. The molecule has 0 atom stereocenters. The first-order chi connectivity index (χ1) is 9.56. The summed E-state index contributed by atoms with van der Waals surface area (Å²) in [6.45, 7) is 0.0974. The molecule has 0 aliphatic heterocycles. The number of nitrogen functional groups attached to an aromatic ring is 1. The minimum atomic E-state index is -0.614. The predicted octanol–water partition coefficient (Wildman–Crippen LogP) is -0.421. The molecule has 2 rings (SSSR count). The Morgan fingerprint density at radius 1 is 1.35 bits per heavy atom. The molecule has 2 aromatic rings. The maximum absolute atomic E-state index is 11.7. The van der Waals surface area contributed by atoms with Gasteiger partial charge in [-0.05, 0) is 0 Å². The number of rotatable bonds is 4. The summed E-state index contributed by atoms with van der Waals surface area (Å²) in [7, 11) is 2.98. The summed E-state index contributed by atoms with van der Waals surface area (Å²) in [6, 6.07) is 1.65. The van der Waals surface area contributed by atoms with Crippen molar-refractivity contribution < 1.29 is 9.47 Å². The van der Waals surface area contributed by atoms with Gasteiger partial charge in [0, 0.05) is 18.5 Å². The molecule has 0 saturated carbocycles.